The van der Waals surface area contributed by atoms with Crippen LogP contribution in [-0.4, -0.2) is 34.5 Å². The Hall–Kier alpha value is -3.00. The van der Waals surface area contributed by atoms with E-state index in [1.807, 2.05) is 30.3 Å². The van der Waals surface area contributed by atoms with E-state index in [4.69, 9.17) is 11.6 Å². The van der Waals surface area contributed by atoms with Gasteiger partial charge >= 0.3 is 0 Å². The number of hydrogen-bond donors (Lipinski definition) is 1. The summed E-state index contributed by atoms with van der Waals surface area (Å²) in [7, 11) is -3.33. The van der Waals surface area contributed by atoms with Crippen LogP contribution in [0, 0.1) is 0 Å². The molecule has 0 aliphatic carbocycles. The molecular weight excluding hydrogens is 446 g/mol. The third kappa shape index (κ3) is 4.46. The smallest absolute Gasteiger partial charge is 0.175 e. The number of sulfone groups is 1. The molecule has 0 saturated carbocycles. The number of benzene rings is 2. The molecule has 0 aliphatic heterocycles. The largest absolute Gasteiger partial charge is 0.384 e. The van der Waals surface area contributed by atoms with Gasteiger partial charge in [-0.3, -0.25) is 4.98 Å². The van der Waals surface area contributed by atoms with E-state index in [0.717, 1.165) is 16.7 Å². The second kappa shape index (κ2) is 8.16. The van der Waals surface area contributed by atoms with Crippen molar-refractivity contribution < 1.29 is 13.5 Å². The van der Waals surface area contributed by atoms with Gasteiger partial charge in [-0.1, -0.05) is 35.9 Å². The summed E-state index contributed by atoms with van der Waals surface area (Å²) in [6.45, 7) is 3.34. The van der Waals surface area contributed by atoms with E-state index >= 15 is 0 Å². The number of aliphatic hydroxyl groups is 1. The molecule has 0 atom stereocenters. The van der Waals surface area contributed by atoms with Gasteiger partial charge in [-0.2, -0.15) is 5.10 Å². The van der Waals surface area contributed by atoms with Crippen molar-refractivity contribution in [2.75, 3.05) is 6.26 Å². The van der Waals surface area contributed by atoms with Gasteiger partial charge in [0.1, 0.15) is 5.60 Å². The lowest BCUT2D eigenvalue weighted by molar-refractivity contribution is 0.0734. The molecule has 0 unspecified atom stereocenters. The van der Waals surface area contributed by atoms with Crippen LogP contribution in [0.25, 0.3) is 28.1 Å². The zero-order valence-electron chi connectivity index (χ0n) is 17.8. The highest BCUT2D eigenvalue weighted by atomic mass is 35.5. The summed E-state index contributed by atoms with van der Waals surface area (Å²) in [5, 5.41) is 15.7. The van der Waals surface area contributed by atoms with Crippen LogP contribution in [0.5, 0.6) is 0 Å². The van der Waals surface area contributed by atoms with Crippen molar-refractivity contribution in [1.82, 2.24) is 14.8 Å². The van der Waals surface area contributed by atoms with E-state index in [2.05, 4.69) is 10.1 Å². The van der Waals surface area contributed by atoms with Crippen molar-refractivity contribution in [1.29, 1.82) is 0 Å². The van der Waals surface area contributed by atoms with Gasteiger partial charge in [0.2, 0.25) is 0 Å². The number of rotatable bonds is 5. The van der Waals surface area contributed by atoms with E-state index in [-0.39, 0.29) is 4.90 Å². The molecule has 0 spiro atoms. The molecule has 0 saturated heterocycles. The van der Waals surface area contributed by atoms with Crippen molar-refractivity contribution in [3.05, 3.63) is 83.8 Å². The van der Waals surface area contributed by atoms with Crippen molar-refractivity contribution in [2.45, 2.75) is 24.3 Å². The number of halogens is 1. The topological polar surface area (TPSA) is 85.1 Å². The molecule has 4 rings (SSSR count). The van der Waals surface area contributed by atoms with Crippen LogP contribution in [0.4, 0.5) is 0 Å². The molecular formula is C24H22ClN3O3S. The summed E-state index contributed by atoms with van der Waals surface area (Å²) >= 11 is 6.43. The van der Waals surface area contributed by atoms with Crippen LogP contribution in [0.2, 0.25) is 5.02 Å². The first kappa shape index (κ1) is 22.2. The maximum atomic E-state index is 12.0. The Kier molecular flexibility index (Phi) is 5.67. The highest BCUT2D eigenvalue weighted by Crippen LogP contribution is 2.33. The van der Waals surface area contributed by atoms with Gasteiger partial charge in [0.15, 0.2) is 9.84 Å². The normalized spacial score (nSPS) is 12.2. The van der Waals surface area contributed by atoms with Gasteiger partial charge < -0.3 is 5.11 Å². The molecule has 6 nitrogen and oxygen atoms in total. The minimum Gasteiger partial charge on any atom is -0.384 e. The van der Waals surface area contributed by atoms with Crippen LogP contribution in [0.15, 0.2) is 78.0 Å². The lowest BCUT2D eigenvalue weighted by atomic mass is 10.0. The summed E-state index contributed by atoms with van der Waals surface area (Å²) in [6.07, 6.45) is 4.56. The van der Waals surface area contributed by atoms with Gasteiger partial charge in [0.05, 0.1) is 27.0 Å². The monoisotopic (exact) mass is 467 g/mol. The van der Waals surface area contributed by atoms with E-state index in [9.17, 15) is 13.5 Å². The van der Waals surface area contributed by atoms with Crippen LogP contribution < -0.4 is 0 Å². The Balaban J connectivity index is 1.89. The molecule has 1 N–H and O–H groups in total. The second-order valence-electron chi connectivity index (χ2n) is 8.10. The van der Waals surface area contributed by atoms with Crippen LogP contribution >= 0.6 is 11.6 Å². The predicted octanol–water partition coefficient (Wildman–Crippen LogP) is 4.89. The first-order valence-corrected chi connectivity index (χ1v) is 12.1. The lowest BCUT2D eigenvalue weighted by Crippen LogP contribution is -2.16. The van der Waals surface area contributed by atoms with Crippen molar-refractivity contribution >= 4 is 21.4 Å². The molecule has 2 aromatic carbocycles. The fraction of sp³-hybridized carbons (Fsp3) is 0.167. The maximum absolute atomic E-state index is 12.0. The summed E-state index contributed by atoms with van der Waals surface area (Å²) in [4.78, 5) is 4.61. The summed E-state index contributed by atoms with van der Waals surface area (Å²) in [6, 6.07) is 17.8. The lowest BCUT2D eigenvalue weighted by Gasteiger charge is -2.13. The molecule has 4 aromatic rings. The Morgan fingerprint density at radius 2 is 1.66 bits per heavy atom. The molecule has 0 aliphatic rings. The quantitative estimate of drug-likeness (QED) is 0.452. The maximum Gasteiger partial charge on any atom is 0.175 e. The van der Waals surface area contributed by atoms with Crippen molar-refractivity contribution in [3.63, 3.8) is 0 Å². The Bertz CT molecular complexity index is 1410. The third-order valence-corrected chi connectivity index (χ3v) is 6.48. The summed E-state index contributed by atoms with van der Waals surface area (Å²) in [5.74, 6) is 0. The predicted molar refractivity (Wildman–Crippen MR) is 126 cm³/mol. The molecule has 0 bridgehead atoms. The van der Waals surface area contributed by atoms with Crippen LogP contribution in [-0.2, 0) is 15.4 Å². The number of para-hydroxylation sites is 1. The minimum absolute atomic E-state index is 0.242. The van der Waals surface area contributed by atoms with Gasteiger partial charge in [0, 0.05) is 29.8 Å². The number of pyridine rings is 1. The van der Waals surface area contributed by atoms with Gasteiger partial charge in [0.25, 0.3) is 0 Å². The second-order valence-corrected chi connectivity index (χ2v) is 10.5. The molecule has 0 amide bonds. The number of hydrogen-bond acceptors (Lipinski definition) is 5. The molecule has 8 heteroatoms. The van der Waals surface area contributed by atoms with Crippen molar-refractivity contribution in [3.8, 4) is 28.1 Å². The van der Waals surface area contributed by atoms with Crippen LogP contribution in [0.1, 0.15) is 19.5 Å². The molecule has 0 radical (unpaired) electrons. The highest BCUT2D eigenvalue weighted by Gasteiger charge is 2.24. The zero-order chi connectivity index (χ0) is 23.1. The summed E-state index contributed by atoms with van der Waals surface area (Å²) < 4.78 is 25.6. The van der Waals surface area contributed by atoms with E-state index in [1.54, 1.807) is 61.3 Å². The zero-order valence-corrected chi connectivity index (χ0v) is 19.4. The molecule has 0 fully saturated rings. The Morgan fingerprint density at radius 1 is 0.938 bits per heavy atom. The van der Waals surface area contributed by atoms with Gasteiger partial charge in [-0.15, -0.1) is 0 Å². The van der Waals surface area contributed by atoms with E-state index in [0.29, 0.717) is 22.1 Å². The third-order valence-electron chi connectivity index (χ3n) is 5.05. The van der Waals surface area contributed by atoms with Gasteiger partial charge in [-0.05, 0) is 55.8 Å². The first-order valence-electron chi connectivity index (χ1n) is 9.88. The average molecular weight is 468 g/mol. The number of aromatic nitrogens is 3. The van der Waals surface area contributed by atoms with Gasteiger partial charge in [-0.25, -0.2) is 13.1 Å². The fourth-order valence-corrected chi connectivity index (χ4v) is 4.22. The Labute approximate surface area is 192 Å². The van der Waals surface area contributed by atoms with Crippen molar-refractivity contribution in [2.24, 2.45) is 0 Å². The SMILES string of the molecule is CC(C)(O)c1cc(-c2cncc(-c3cccc(S(C)(=O)=O)c3)c2)n(-c2ccccc2Cl)n1. The molecule has 32 heavy (non-hydrogen) atoms. The average Bonchev–Trinajstić information content (AvgIpc) is 3.19. The molecule has 2 aromatic heterocycles. The summed E-state index contributed by atoms with van der Waals surface area (Å²) in [5.41, 5.74) is 2.93. The van der Waals surface area contributed by atoms with E-state index < -0.39 is 15.4 Å². The standard InChI is InChI=1S/C24H22ClN3O3S/c1-24(2,29)23-13-22(28(27-23)21-10-5-4-9-20(21)25)18-11-17(14-26-15-18)16-7-6-8-19(12-16)32(3,30)31/h4-15,29H,1-3H3. The minimum atomic E-state index is -3.33. The molecule has 164 valence electrons. The first-order chi connectivity index (χ1) is 15.0. The highest BCUT2D eigenvalue weighted by molar-refractivity contribution is 7.90. The van der Waals surface area contributed by atoms with E-state index in [1.165, 1.54) is 6.26 Å². The Morgan fingerprint density at radius 3 is 2.34 bits per heavy atom. The number of nitrogens with zero attached hydrogens (tertiary/aromatic N) is 3. The van der Waals surface area contributed by atoms with Crippen LogP contribution in [0.3, 0.4) is 0 Å². The fourth-order valence-electron chi connectivity index (χ4n) is 3.34. The molecule has 2 heterocycles.